The van der Waals surface area contributed by atoms with Gasteiger partial charge in [0.1, 0.15) is 0 Å². The summed E-state index contributed by atoms with van der Waals surface area (Å²) in [6, 6.07) is 13.2. The van der Waals surface area contributed by atoms with E-state index in [1.165, 1.54) is 6.08 Å². The molecule has 1 aliphatic heterocycles. The topological polar surface area (TPSA) is 47.6 Å². The Morgan fingerprint density at radius 1 is 1.13 bits per heavy atom. The molecule has 1 amide bonds. The van der Waals surface area contributed by atoms with E-state index in [1.54, 1.807) is 6.08 Å². The van der Waals surface area contributed by atoms with Gasteiger partial charge in [0.05, 0.1) is 0 Å². The van der Waals surface area contributed by atoms with E-state index in [1.807, 2.05) is 42.5 Å². The van der Waals surface area contributed by atoms with Crippen LogP contribution in [0.3, 0.4) is 0 Å². The molecule has 4 nitrogen and oxygen atoms in total. The molecule has 5 heteroatoms. The highest BCUT2D eigenvalue weighted by Crippen LogP contribution is 2.32. The van der Waals surface area contributed by atoms with E-state index >= 15 is 0 Å². The fourth-order valence-corrected chi connectivity index (χ4v) is 2.35. The van der Waals surface area contributed by atoms with Gasteiger partial charge in [0.25, 0.3) is 0 Å². The van der Waals surface area contributed by atoms with Gasteiger partial charge in [-0.25, -0.2) is 0 Å². The van der Waals surface area contributed by atoms with Crippen molar-refractivity contribution in [3.8, 4) is 11.5 Å². The first-order chi connectivity index (χ1) is 11.2. The number of benzene rings is 2. The number of fused-ring (bicyclic) bond motifs is 1. The van der Waals surface area contributed by atoms with Gasteiger partial charge < -0.3 is 14.8 Å². The summed E-state index contributed by atoms with van der Waals surface area (Å²) in [5.41, 5.74) is 2.02. The van der Waals surface area contributed by atoms with Crippen molar-refractivity contribution < 1.29 is 14.3 Å². The molecular formula is C18H16ClNO3. The number of halogens is 1. The first-order valence-corrected chi connectivity index (χ1v) is 7.68. The van der Waals surface area contributed by atoms with Crippen LogP contribution in [-0.4, -0.2) is 19.2 Å². The van der Waals surface area contributed by atoms with Gasteiger partial charge in [0, 0.05) is 17.6 Å². The summed E-state index contributed by atoms with van der Waals surface area (Å²) in [5, 5.41) is 3.57. The molecular weight excluding hydrogens is 314 g/mol. The molecule has 0 radical (unpaired) electrons. The molecule has 1 N–H and O–H groups in total. The molecule has 3 rings (SSSR count). The lowest BCUT2D eigenvalue weighted by Crippen LogP contribution is -2.23. The molecule has 2 aromatic carbocycles. The minimum atomic E-state index is -0.128. The molecule has 1 heterocycles. The maximum absolute atomic E-state index is 11.8. The van der Waals surface area contributed by atoms with Crippen molar-refractivity contribution in [2.24, 2.45) is 0 Å². The predicted molar refractivity (Wildman–Crippen MR) is 89.8 cm³/mol. The summed E-state index contributed by atoms with van der Waals surface area (Å²) < 4.78 is 10.5. The maximum atomic E-state index is 11.8. The molecule has 0 atom stereocenters. The molecule has 0 saturated carbocycles. The molecule has 0 saturated heterocycles. The molecule has 1 aliphatic rings. The van der Waals surface area contributed by atoms with Crippen molar-refractivity contribution in [1.82, 2.24) is 5.32 Å². The van der Waals surface area contributed by atoms with Gasteiger partial charge in [-0.1, -0.05) is 29.8 Å². The molecule has 0 fully saturated rings. The highest BCUT2D eigenvalue weighted by Gasteiger charge is 2.12. The molecule has 23 heavy (non-hydrogen) atoms. The van der Waals surface area contributed by atoms with Crippen molar-refractivity contribution in [2.75, 3.05) is 13.3 Å². The Balaban J connectivity index is 1.48. The summed E-state index contributed by atoms with van der Waals surface area (Å²) in [7, 11) is 0. The number of hydrogen-bond acceptors (Lipinski definition) is 3. The number of amides is 1. The molecule has 0 aromatic heterocycles. The van der Waals surface area contributed by atoms with Gasteiger partial charge in [0.2, 0.25) is 12.7 Å². The Morgan fingerprint density at radius 2 is 1.91 bits per heavy atom. The van der Waals surface area contributed by atoms with E-state index < -0.39 is 0 Å². The van der Waals surface area contributed by atoms with Crippen molar-refractivity contribution in [3.05, 3.63) is 64.7 Å². The Bertz CT molecular complexity index is 726. The van der Waals surface area contributed by atoms with Gasteiger partial charge >= 0.3 is 0 Å². The van der Waals surface area contributed by atoms with Gasteiger partial charge in [0.15, 0.2) is 11.5 Å². The van der Waals surface area contributed by atoms with Crippen LogP contribution >= 0.6 is 11.6 Å². The normalized spacial score (nSPS) is 12.6. The molecule has 118 valence electrons. The minimum absolute atomic E-state index is 0.128. The number of ether oxygens (including phenoxy) is 2. The van der Waals surface area contributed by atoms with Crippen molar-refractivity contribution in [3.63, 3.8) is 0 Å². The summed E-state index contributed by atoms with van der Waals surface area (Å²) in [4.78, 5) is 11.8. The van der Waals surface area contributed by atoms with Crippen LogP contribution in [0.2, 0.25) is 5.02 Å². The van der Waals surface area contributed by atoms with Crippen LogP contribution in [0.4, 0.5) is 0 Å². The van der Waals surface area contributed by atoms with Crippen LogP contribution in [0.15, 0.2) is 48.5 Å². The van der Waals surface area contributed by atoms with Gasteiger partial charge in [-0.2, -0.15) is 0 Å². The molecule has 0 bridgehead atoms. The number of nitrogens with one attached hydrogen (secondary N) is 1. The second-order valence-corrected chi connectivity index (χ2v) is 5.55. The van der Waals surface area contributed by atoms with Crippen molar-refractivity contribution in [1.29, 1.82) is 0 Å². The molecule has 0 unspecified atom stereocenters. The average Bonchev–Trinajstić information content (AvgIpc) is 3.02. The van der Waals surface area contributed by atoms with E-state index in [-0.39, 0.29) is 12.7 Å². The number of hydrogen-bond donors (Lipinski definition) is 1. The minimum Gasteiger partial charge on any atom is -0.454 e. The highest BCUT2D eigenvalue weighted by atomic mass is 35.5. The number of carbonyl (C=O) groups is 1. The Morgan fingerprint density at radius 3 is 2.74 bits per heavy atom. The first-order valence-electron chi connectivity index (χ1n) is 7.31. The Hall–Kier alpha value is -2.46. The molecule has 0 aliphatic carbocycles. The third-order valence-electron chi connectivity index (χ3n) is 3.45. The zero-order valence-electron chi connectivity index (χ0n) is 12.4. The van der Waals surface area contributed by atoms with E-state index in [0.717, 1.165) is 23.3 Å². The molecule has 0 spiro atoms. The van der Waals surface area contributed by atoms with Crippen molar-refractivity contribution in [2.45, 2.75) is 6.42 Å². The lowest BCUT2D eigenvalue weighted by Gasteiger charge is -2.03. The zero-order valence-corrected chi connectivity index (χ0v) is 13.2. The Kier molecular flexibility index (Phi) is 4.83. The first kappa shape index (κ1) is 15.4. The van der Waals surface area contributed by atoms with Gasteiger partial charge in [-0.05, 0) is 47.9 Å². The van der Waals surface area contributed by atoms with Crippen LogP contribution in [0.25, 0.3) is 6.08 Å². The lowest BCUT2D eigenvalue weighted by atomic mass is 10.1. The number of carbonyl (C=O) groups excluding carboxylic acids is 1. The monoisotopic (exact) mass is 329 g/mol. The second kappa shape index (κ2) is 7.20. The maximum Gasteiger partial charge on any atom is 0.244 e. The van der Waals surface area contributed by atoms with Gasteiger partial charge in [-0.3, -0.25) is 4.79 Å². The highest BCUT2D eigenvalue weighted by molar-refractivity contribution is 6.30. The van der Waals surface area contributed by atoms with Crippen LogP contribution in [0, 0.1) is 0 Å². The Labute approximate surface area is 139 Å². The van der Waals surface area contributed by atoms with Gasteiger partial charge in [-0.15, -0.1) is 0 Å². The fraction of sp³-hybridized carbons (Fsp3) is 0.167. The second-order valence-electron chi connectivity index (χ2n) is 5.11. The van der Waals surface area contributed by atoms with E-state index in [9.17, 15) is 4.79 Å². The quantitative estimate of drug-likeness (QED) is 0.855. The summed E-state index contributed by atoms with van der Waals surface area (Å²) >= 11 is 5.84. The summed E-state index contributed by atoms with van der Waals surface area (Å²) in [6.07, 6.45) is 4.03. The summed E-state index contributed by atoms with van der Waals surface area (Å²) in [6.45, 7) is 0.819. The van der Waals surface area contributed by atoms with E-state index in [4.69, 9.17) is 21.1 Å². The van der Waals surface area contributed by atoms with Crippen LogP contribution in [0.5, 0.6) is 11.5 Å². The van der Waals surface area contributed by atoms with E-state index in [0.29, 0.717) is 17.3 Å². The SMILES string of the molecule is O=C(/C=C/c1ccc2c(c1)OCO2)NCCc1ccc(Cl)cc1. The fourth-order valence-electron chi connectivity index (χ4n) is 2.23. The molecule has 2 aromatic rings. The predicted octanol–water partition coefficient (Wildman–Crippen LogP) is 3.44. The van der Waals surface area contributed by atoms with Crippen LogP contribution in [0.1, 0.15) is 11.1 Å². The van der Waals surface area contributed by atoms with E-state index in [2.05, 4.69) is 5.32 Å². The standard InChI is InChI=1S/C18H16ClNO3/c19-15-5-1-13(2-6-15)9-10-20-18(21)8-4-14-3-7-16-17(11-14)23-12-22-16/h1-8,11H,9-10,12H2,(H,20,21)/b8-4+. The largest absolute Gasteiger partial charge is 0.454 e. The average molecular weight is 330 g/mol. The third kappa shape index (κ3) is 4.27. The summed E-state index contributed by atoms with van der Waals surface area (Å²) in [5.74, 6) is 1.31. The van der Waals surface area contributed by atoms with Crippen molar-refractivity contribution >= 4 is 23.6 Å². The zero-order chi connectivity index (χ0) is 16.1. The number of rotatable bonds is 5. The lowest BCUT2D eigenvalue weighted by molar-refractivity contribution is -0.116. The third-order valence-corrected chi connectivity index (χ3v) is 3.70. The smallest absolute Gasteiger partial charge is 0.244 e. The van der Waals surface area contributed by atoms with Crippen LogP contribution < -0.4 is 14.8 Å². The van der Waals surface area contributed by atoms with Crippen LogP contribution in [-0.2, 0) is 11.2 Å².